The second-order valence-corrected chi connectivity index (χ2v) is 6.70. The van der Waals surface area contributed by atoms with Crippen LogP contribution in [0.5, 0.6) is 11.5 Å². The van der Waals surface area contributed by atoms with Crippen LogP contribution in [0.4, 0.5) is 4.79 Å². The summed E-state index contributed by atoms with van der Waals surface area (Å²) in [6.07, 6.45) is 0.216. The number of hydrogen-bond acceptors (Lipinski definition) is 4. The highest BCUT2D eigenvalue weighted by molar-refractivity contribution is 14.1. The zero-order valence-electron chi connectivity index (χ0n) is 12.8. The molecule has 0 bridgehead atoms. The lowest BCUT2D eigenvalue weighted by Crippen LogP contribution is -2.10. The topological polar surface area (TPSA) is 44.8 Å². The van der Waals surface area contributed by atoms with Gasteiger partial charge < -0.3 is 14.2 Å². The van der Waals surface area contributed by atoms with Crippen molar-refractivity contribution >= 4 is 44.7 Å². The van der Waals surface area contributed by atoms with Crippen molar-refractivity contribution in [3.63, 3.8) is 0 Å². The molecule has 122 valence electrons. The van der Waals surface area contributed by atoms with Gasteiger partial charge in [0.25, 0.3) is 0 Å². The van der Waals surface area contributed by atoms with Crippen molar-refractivity contribution in [1.29, 1.82) is 0 Å². The van der Waals surface area contributed by atoms with Gasteiger partial charge in [-0.05, 0) is 74.8 Å². The first kappa shape index (κ1) is 18.1. The van der Waals surface area contributed by atoms with Crippen LogP contribution in [0.3, 0.4) is 0 Å². The Hall–Kier alpha value is -1.28. The summed E-state index contributed by atoms with van der Waals surface area (Å²) in [6.45, 7) is 2.39. The van der Waals surface area contributed by atoms with Gasteiger partial charge in [0, 0.05) is 9.13 Å². The predicted octanol–water partition coefficient (Wildman–Crippen LogP) is 5.34. The summed E-state index contributed by atoms with van der Waals surface area (Å²) in [4.78, 5) is 11.3. The van der Waals surface area contributed by atoms with Crippen molar-refractivity contribution in [2.24, 2.45) is 0 Å². The van der Waals surface area contributed by atoms with Gasteiger partial charge in [-0.1, -0.05) is 19.1 Å². The van der Waals surface area contributed by atoms with Crippen molar-refractivity contribution in [1.82, 2.24) is 0 Å². The molecular formula is C17H16BrIO4. The SMILES string of the molecule is CCc1ccc(OCc2c(I)cccc2OC(=O)OC)c(Br)c1. The van der Waals surface area contributed by atoms with E-state index >= 15 is 0 Å². The predicted molar refractivity (Wildman–Crippen MR) is 100 cm³/mol. The summed E-state index contributed by atoms with van der Waals surface area (Å²) in [7, 11) is 1.28. The monoisotopic (exact) mass is 490 g/mol. The molecule has 0 fully saturated rings. The number of hydrogen-bond donors (Lipinski definition) is 0. The summed E-state index contributed by atoms with van der Waals surface area (Å²) in [5.74, 6) is 1.18. The second-order valence-electron chi connectivity index (χ2n) is 4.68. The van der Waals surface area contributed by atoms with E-state index in [-0.39, 0.29) is 6.61 Å². The summed E-state index contributed by atoms with van der Waals surface area (Å²) >= 11 is 5.70. The molecule has 0 heterocycles. The third kappa shape index (κ3) is 4.84. The van der Waals surface area contributed by atoms with Crippen molar-refractivity contribution in [3.05, 3.63) is 55.6 Å². The van der Waals surface area contributed by atoms with Crippen LogP contribution >= 0.6 is 38.5 Å². The van der Waals surface area contributed by atoms with Gasteiger partial charge in [-0.3, -0.25) is 0 Å². The van der Waals surface area contributed by atoms with Crippen molar-refractivity contribution in [2.75, 3.05) is 7.11 Å². The fraction of sp³-hybridized carbons (Fsp3) is 0.235. The van der Waals surface area contributed by atoms with E-state index in [2.05, 4.69) is 50.2 Å². The number of carbonyl (C=O) groups excluding carboxylic acids is 1. The largest absolute Gasteiger partial charge is 0.513 e. The molecule has 2 rings (SSSR count). The molecule has 0 saturated carbocycles. The van der Waals surface area contributed by atoms with Crippen LogP contribution in [0.1, 0.15) is 18.1 Å². The number of methoxy groups -OCH3 is 1. The minimum atomic E-state index is -0.748. The van der Waals surface area contributed by atoms with Gasteiger partial charge in [-0.25, -0.2) is 4.79 Å². The van der Waals surface area contributed by atoms with Gasteiger partial charge in [0.05, 0.1) is 11.6 Å². The maximum absolute atomic E-state index is 11.3. The number of benzene rings is 2. The Bertz CT molecular complexity index is 703. The highest BCUT2D eigenvalue weighted by atomic mass is 127. The van der Waals surface area contributed by atoms with Gasteiger partial charge in [0.15, 0.2) is 0 Å². The van der Waals surface area contributed by atoms with Gasteiger partial charge >= 0.3 is 6.16 Å². The van der Waals surface area contributed by atoms with Crippen LogP contribution in [0.15, 0.2) is 40.9 Å². The van der Waals surface area contributed by atoms with E-state index in [1.54, 1.807) is 6.07 Å². The Morgan fingerprint density at radius 2 is 2.00 bits per heavy atom. The Labute approximate surface area is 157 Å². The Morgan fingerprint density at radius 1 is 1.22 bits per heavy atom. The van der Waals surface area contributed by atoms with E-state index in [1.165, 1.54) is 12.7 Å². The third-order valence-corrected chi connectivity index (χ3v) is 4.84. The van der Waals surface area contributed by atoms with Crippen molar-refractivity contribution < 1.29 is 19.0 Å². The molecule has 0 aliphatic carbocycles. The first-order valence-electron chi connectivity index (χ1n) is 6.99. The van der Waals surface area contributed by atoms with Crippen LogP contribution in [0, 0.1) is 3.57 Å². The second kappa shape index (κ2) is 8.54. The van der Waals surface area contributed by atoms with Crippen LogP contribution in [-0.4, -0.2) is 13.3 Å². The van der Waals surface area contributed by atoms with Crippen LogP contribution in [0.2, 0.25) is 0 Å². The summed E-state index contributed by atoms with van der Waals surface area (Å²) in [5, 5.41) is 0. The Balaban J connectivity index is 2.18. The normalized spacial score (nSPS) is 10.3. The number of rotatable bonds is 5. The molecular weight excluding hydrogens is 475 g/mol. The molecule has 4 nitrogen and oxygen atoms in total. The molecule has 0 unspecified atom stereocenters. The van der Waals surface area contributed by atoms with Crippen LogP contribution < -0.4 is 9.47 Å². The number of aryl methyl sites for hydroxylation is 1. The molecule has 0 aromatic heterocycles. The van der Waals surface area contributed by atoms with E-state index in [4.69, 9.17) is 9.47 Å². The highest BCUT2D eigenvalue weighted by Gasteiger charge is 2.13. The molecule has 0 amide bonds. The van der Waals surface area contributed by atoms with E-state index in [0.29, 0.717) is 5.75 Å². The molecule has 23 heavy (non-hydrogen) atoms. The highest BCUT2D eigenvalue weighted by Crippen LogP contribution is 2.30. The standard InChI is InChI=1S/C17H16BrIO4/c1-3-11-7-8-16(13(18)9-11)22-10-12-14(19)5-4-6-15(12)23-17(20)21-2/h4-9H,3,10H2,1-2H3. The zero-order valence-corrected chi connectivity index (χ0v) is 16.5. The van der Waals surface area contributed by atoms with Crippen molar-refractivity contribution in [3.8, 4) is 11.5 Å². The van der Waals surface area contributed by atoms with E-state index in [0.717, 1.165) is 25.8 Å². The average Bonchev–Trinajstić information content (AvgIpc) is 2.55. The first-order chi connectivity index (χ1) is 11.0. The molecule has 0 saturated heterocycles. The van der Waals surface area contributed by atoms with E-state index in [1.807, 2.05) is 30.3 Å². The first-order valence-corrected chi connectivity index (χ1v) is 8.86. The Kier molecular flexibility index (Phi) is 6.71. The van der Waals surface area contributed by atoms with Gasteiger partial charge in [-0.15, -0.1) is 0 Å². The minimum absolute atomic E-state index is 0.287. The lowest BCUT2D eigenvalue weighted by atomic mass is 10.2. The minimum Gasteiger partial charge on any atom is -0.488 e. The fourth-order valence-electron chi connectivity index (χ4n) is 1.94. The number of carbonyl (C=O) groups is 1. The average molecular weight is 491 g/mol. The molecule has 2 aromatic carbocycles. The maximum atomic E-state index is 11.3. The smallest absolute Gasteiger partial charge is 0.488 e. The summed E-state index contributed by atoms with van der Waals surface area (Å²) < 4.78 is 17.4. The lowest BCUT2D eigenvalue weighted by Gasteiger charge is -2.13. The molecule has 0 spiro atoms. The molecule has 0 N–H and O–H groups in total. The van der Waals surface area contributed by atoms with Crippen LogP contribution in [0.25, 0.3) is 0 Å². The molecule has 0 aliphatic heterocycles. The molecule has 0 radical (unpaired) electrons. The van der Waals surface area contributed by atoms with Crippen LogP contribution in [-0.2, 0) is 17.8 Å². The van der Waals surface area contributed by atoms with Gasteiger partial charge in [0.1, 0.15) is 18.1 Å². The molecule has 0 atom stereocenters. The zero-order chi connectivity index (χ0) is 16.8. The third-order valence-electron chi connectivity index (χ3n) is 3.21. The molecule has 0 aliphatic rings. The molecule has 6 heteroatoms. The number of halogens is 2. The lowest BCUT2D eigenvalue weighted by molar-refractivity contribution is 0.120. The quantitative estimate of drug-likeness (QED) is 0.322. The van der Waals surface area contributed by atoms with Gasteiger partial charge in [0.2, 0.25) is 0 Å². The fourth-order valence-corrected chi connectivity index (χ4v) is 3.11. The Morgan fingerprint density at radius 3 is 2.65 bits per heavy atom. The van der Waals surface area contributed by atoms with E-state index < -0.39 is 6.16 Å². The number of ether oxygens (including phenoxy) is 3. The summed E-state index contributed by atoms with van der Waals surface area (Å²) in [5.41, 5.74) is 2.03. The van der Waals surface area contributed by atoms with Crippen molar-refractivity contribution in [2.45, 2.75) is 20.0 Å². The molecule has 2 aromatic rings. The van der Waals surface area contributed by atoms with Gasteiger partial charge in [-0.2, -0.15) is 0 Å². The maximum Gasteiger partial charge on any atom is 0.513 e. The van der Waals surface area contributed by atoms with E-state index in [9.17, 15) is 4.79 Å². The summed E-state index contributed by atoms with van der Waals surface area (Å²) in [6, 6.07) is 11.5.